The molecule has 0 aliphatic rings. The standard InChI is InChI=1S/C20H37ClO2/c1-3-4-5-6-7-8-9-10-11-12-13-14-15-16-17-18-23-20(22)19(2)21/h2-18H2,1H3. The molecular weight excluding hydrogens is 308 g/mol. The van der Waals surface area contributed by atoms with Gasteiger partial charge in [0.25, 0.3) is 0 Å². The van der Waals surface area contributed by atoms with Crippen LogP contribution < -0.4 is 0 Å². The second kappa shape index (κ2) is 17.8. The molecule has 0 aromatic carbocycles. The van der Waals surface area contributed by atoms with E-state index in [0.29, 0.717) is 6.61 Å². The predicted molar refractivity (Wildman–Crippen MR) is 101 cm³/mol. The molecule has 0 saturated heterocycles. The highest BCUT2D eigenvalue weighted by Gasteiger charge is 2.03. The molecule has 0 radical (unpaired) electrons. The Morgan fingerprint density at radius 1 is 0.739 bits per heavy atom. The fourth-order valence-corrected chi connectivity index (χ4v) is 2.77. The Morgan fingerprint density at radius 3 is 1.43 bits per heavy atom. The monoisotopic (exact) mass is 344 g/mol. The number of esters is 1. The third-order valence-corrected chi connectivity index (χ3v) is 4.36. The van der Waals surface area contributed by atoms with Crippen molar-refractivity contribution in [1.29, 1.82) is 0 Å². The van der Waals surface area contributed by atoms with Crippen LogP contribution in [0.5, 0.6) is 0 Å². The SMILES string of the molecule is C=C(Cl)C(=O)OCCCCCCCCCCCCCCCCC. The molecule has 0 spiro atoms. The summed E-state index contributed by atoms with van der Waals surface area (Å²) in [5.74, 6) is -0.489. The van der Waals surface area contributed by atoms with E-state index in [2.05, 4.69) is 13.5 Å². The maximum absolute atomic E-state index is 11.0. The van der Waals surface area contributed by atoms with E-state index in [9.17, 15) is 4.79 Å². The molecule has 0 fully saturated rings. The maximum Gasteiger partial charge on any atom is 0.349 e. The fourth-order valence-electron chi connectivity index (χ4n) is 2.72. The summed E-state index contributed by atoms with van der Waals surface area (Å²) in [5.41, 5.74) is 0. The van der Waals surface area contributed by atoms with Crippen molar-refractivity contribution in [1.82, 2.24) is 0 Å². The van der Waals surface area contributed by atoms with Crippen LogP contribution in [0.25, 0.3) is 0 Å². The summed E-state index contributed by atoms with van der Waals surface area (Å²) in [7, 11) is 0. The highest BCUT2D eigenvalue weighted by Crippen LogP contribution is 2.13. The summed E-state index contributed by atoms with van der Waals surface area (Å²) in [6, 6.07) is 0. The Bertz CT molecular complexity index is 289. The van der Waals surface area contributed by atoms with E-state index in [1.165, 1.54) is 83.5 Å². The number of carbonyl (C=O) groups excluding carboxylic acids is 1. The second-order valence-corrected chi connectivity index (χ2v) is 6.95. The van der Waals surface area contributed by atoms with Crippen molar-refractivity contribution in [3.63, 3.8) is 0 Å². The van der Waals surface area contributed by atoms with Crippen molar-refractivity contribution in [3.8, 4) is 0 Å². The van der Waals surface area contributed by atoms with Gasteiger partial charge in [0, 0.05) is 0 Å². The molecule has 136 valence electrons. The molecule has 0 bridgehead atoms. The van der Waals surface area contributed by atoms with Crippen LogP contribution in [-0.2, 0) is 9.53 Å². The minimum Gasteiger partial charge on any atom is -0.461 e. The smallest absolute Gasteiger partial charge is 0.349 e. The Balaban J connectivity index is 3.05. The zero-order valence-corrected chi connectivity index (χ0v) is 16.0. The highest BCUT2D eigenvalue weighted by molar-refractivity contribution is 6.40. The first kappa shape index (κ1) is 22.5. The number of rotatable bonds is 17. The molecule has 0 atom stereocenters. The largest absolute Gasteiger partial charge is 0.461 e. The lowest BCUT2D eigenvalue weighted by molar-refractivity contribution is -0.138. The molecule has 23 heavy (non-hydrogen) atoms. The van der Waals surface area contributed by atoms with E-state index in [1.807, 2.05) is 0 Å². The number of carbonyl (C=O) groups is 1. The molecule has 0 amide bonds. The van der Waals surface area contributed by atoms with Gasteiger partial charge in [0.1, 0.15) is 5.03 Å². The first-order valence-electron chi connectivity index (χ1n) is 9.70. The van der Waals surface area contributed by atoms with Crippen LogP contribution in [-0.4, -0.2) is 12.6 Å². The molecule has 3 heteroatoms. The number of hydrogen-bond acceptors (Lipinski definition) is 2. The van der Waals surface area contributed by atoms with Crippen LogP contribution in [0, 0.1) is 0 Å². The first-order valence-corrected chi connectivity index (χ1v) is 10.1. The predicted octanol–water partition coefficient (Wildman–Crippen LogP) is 7.15. The van der Waals surface area contributed by atoms with Gasteiger partial charge in [-0.2, -0.15) is 0 Å². The number of unbranched alkanes of at least 4 members (excludes halogenated alkanes) is 14. The lowest BCUT2D eigenvalue weighted by Crippen LogP contribution is -2.04. The van der Waals surface area contributed by atoms with E-state index in [0.717, 1.165) is 12.8 Å². The summed E-state index contributed by atoms with van der Waals surface area (Å²) in [4.78, 5) is 11.0. The zero-order chi connectivity index (χ0) is 17.2. The van der Waals surface area contributed by atoms with Crippen LogP contribution in [0.15, 0.2) is 11.6 Å². The van der Waals surface area contributed by atoms with Crippen LogP contribution in [0.2, 0.25) is 0 Å². The molecule has 0 rings (SSSR count). The van der Waals surface area contributed by atoms with E-state index in [1.54, 1.807) is 0 Å². The van der Waals surface area contributed by atoms with Crippen LogP contribution >= 0.6 is 11.6 Å². The minimum atomic E-state index is -0.489. The van der Waals surface area contributed by atoms with Gasteiger partial charge in [-0.15, -0.1) is 0 Å². The van der Waals surface area contributed by atoms with Crippen molar-refractivity contribution in [3.05, 3.63) is 11.6 Å². The van der Waals surface area contributed by atoms with Gasteiger partial charge < -0.3 is 4.74 Å². The van der Waals surface area contributed by atoms with Crippen molar-refractivity contribution in [2.75, 3.05) is 6.61 Å². The molecule has 0 aliphatic carbocycles. The maximum atomic E-state index is 11.0. The molecule has 0 saturated carbocycles. The third-order valence-electron chi connectivity index (χ3n) is 4.20. The molecule has 0 unspecified atom stereocenters. The third kappa shape index (κ3) is 17.7. The van der Waals surface area contributed by atoms with Crippen LogP contribution in [0.1, 0.15) is 103 Å². The molecule has 0 heterocycles. The summed E-state index contributed by atoms with van der Waals surface area (Å²) in [5, 5.41) is -0.0361. The van der Waals surface area contributed by atoms with Crippen molar-refractivity contribution in [2.45, 2.75) is 103 Å². The molecule has 2 nitrogen and oxygen atoms in total. The van der Waals surface area contributed by atoms with E-state index in [-0.39, 0.29) is 5.03 Å². The van der Waals surface area contributed by atoms with Gasteiger partial charge >= 0.3 is 5.97 Å². The van der Waals surface area contributed by atoms with Gasteiger partial charge in [0.2, 0.25) is 0 Å². The quantitative estimate of drug-likeness (QED) is 0.159. The molecule has 0 N–H and O–H groups in total. The van der Waals surface area contributed by atoms with Gasteiger partial charge in [-0.3, -0.25) is 0 Å². The molecule has 0 aromatic heterocycles. The van der Waals surface area contributed by atoms with Crippen molar-refractivity contribution >= 4 is 17.6 Å². The number of ether oxygens (including phenoxy) is 1. The van der Waals surface area contributed by atoms with Gasteiger partial charge in [-0.05, 0) is 6.42 Å². The van der Waals surface area contributed by atoms with Crippen LogP contribution in [0.4, 0.5) is 0 Å². The van der Waals surface area contributed by atoms with E-state index in [4.69, 9.17) is 16.3 Å². The Labute approximate surface area is 149 Å². The van der Waals surface area contributed by atoms with Gasteiger partial charge in [-0.1, -0.05) is 115 Å². The molecule has 0 aliphatic heterocycles. The Hall–Kier alpha value is -0.500. The van der Waals surface area contributed by atoms with Crippen molar-refractivity contribution in [2.24, 2.45) is 0 Å². The lowest BCUT2D eigenvalue weighted by atomic mass is 10.0. The number of hydrogen-bond donors (Lipinski definition) is 0. The second-order valence-electron chi connectivity index (χ2n) is 6.49. The highest BCUT2D eigenvalue weighted by atomic mass is 35.5. The topological polar surface area (TPSA) is 26.3 Å². The number of halogens is 1. The van der Waals surface area contributed by atoms with Crippen molar-refractivity contribution < 1.29 is 9.53 Å². The Morgan fingerprint density at radius 2 is 1.09 bits per heavy atom. The first-order chi connectivity index (χ1) is 11.2. The summed E-state index contributed by atoms with van der Waals surface area (Å²) < 4.78 is 4.95. The van der Waals surface area contributed by atoms with E-state index >= 15 is 0 Å². The average Bonchev–Trinajstić information content (AvgIpc) is 2.54. The normalized spacial score (nSPS) is 10.7. The van der Waals surface area contributed by atoms with Crippen LogP contribution in [0.3, 0.4) is 0 Å². The Kier molecular flexibility index (Phi) is 17.5. The van der Waals surface area contributed by atoms with Gasteiger partial charge in [0.05, 0.1) is 6.61 Å². The fraction of sp³-hybridized carbons (Fsp3) is 0.850. The summed E-state index contributed by atoms with van der Waals surface area (Å²) in [6.07, 6.45) is 20.0. The lowest BCUT2D eigenvalue weighted by Gasteiger charge is -2.04. The summed E-state index contributed by atoms with van der Waals surface area (Å²) >= 11 is 5.43. The van der Waals surface area contributed by atoms with E-state index < -0.39 is 5.97 Å². The summed E-state index contributed by atoms with van der Waals surface area (Å²) in [6.45, 7) is 6.07. The zero-order valence-electron chi connectivity index (χ0n) is 15.2. The average molecular weight is 345 g/mol. The van der Waals surface area contributed by atoms with Gasteiger partial charge in [0.15, 0.2) is 0 Å². The minimum absolute atomic E-state index is 0.0361. The van der Waals surface area contributed by atoms with Gasteiger partial charge in [-0.25, -0.2) is 4.79 Å². The molecular formula is C20H37ClO2. The molecule has 0 aromatic rings.